The van der Waals surface area contributed by atoms with Gasteiger partial charge in [0.2, 0.25) is 15.2 Å². The van der Waals surface area contributed by atoms with Gasteiger partial charge in [0.15, 0.2) is 0 Å². The van der Waals surface area contributed by atoms with E-state index in [1.54, 1.807) is 13.8 Å². The van der Waals surface area contributed by atoms with E-state index in [1.807, 2.05) is 0 Å². The summed E-state index contributed by atoms with van der Waals surface area (Å²) in [5.74, 6) is -0.523. The Hall–Kier alpha value is -1.55. The van der Waals surface area contributed by atoms with Crippen molar-refractivity contribution in [1.29, 1.82) is 0 Å². The lowest BCUT2D eigenvalue weighted by Gasteiger charge is -2.21. The second kappa shape index (κ2) is 9.78. The fourth-order valence-corrected chi connectivity index (χ4v) is 4.75. The number of hydrogen-bond donors (Lipinski definition) is 1. The zero-order valence-corrected chi connectivity index (χ0v) is 18.8. The van der Waals surface area contributed by atoms with E-state index in [-0.39, 0.29) is 21.5 Å². The zero-order valence-electron chi connectivity index (χ0n) is 16.4. The van der Waals surface area contributed by atoms with Gasteiger partial charge in [0.05, 0.1) is 15.5 Å². The third kappa shape index (κ3) is 5.50. The van der Waals surface area contributed by atoms with Crippen LogP contribution in [-0.2, 0) is 16.4 Å². The topological polar surface area (TPSA) is 92.3 Å². The average molecular weight is 445 g/mol. The van der Waals surface area contributed by atoms with Crippen molar-refractivity contribution in [1.82, 2.24) is 14.5 Å². The molecule has 0 radical (unpaired) electrons. The molecule has 0 aliphatic carbocycles. The minimum atomic E-state index is -3.72. The number of amides is 1. The number of sulfonamides is 1. The molecule has 154 valence electrons. The lowest BCUT2D eigenvalue weighted by atomic mass is 10.2. The minimum Gasteiger partial charge on any atom is -0.296 e. The van der Waals surface area contributed by atoms with E-state index in [2.05, 4.69) is 22.4 Å². The Morgan fingerprint density at radius 1 is 1.29 bits per heavy atom. The quantitative estimate of drug-likeness (QED) is 0.585. The van der Waals surface area contributed by atoms with Crippen molar-refractivity contribution in [3.05, 3.63) is 33.8 Å². The maximum absolute atomic E-state index is 12.7. The number of carbonyl (C=O) groups is 1. The van der Waals surface area contributed by atoms with Crippen molar-refractivity contribution in [2.24, 2.45) is 0 Å². The van der Waals surface area contributed by atoms with Crippen molar-refractivity contribution in [3.8, 4) is 0 Å². The average Bonchev–Trinajstić information content (AvgIpc) is 3.08. The predicted octanol–water partition coefficient (Wildman–Crippen LogP) is 4.21. The zero-order chi connectivity index (χ0) is 20.9. The molecule has 0 atom stereocenters. The molecule has 2 aromatic rings. The lowest BCUT2D eigenvalue weighted by molar-refractivity contribution is 0.102. The summed E-state index contributed by atoms with van der Waals surface area (Å²) in [5.41, 5.74) is 0.0719. The second-order valence-electron chi connectivity index (χ2n) is 6.67. The molecule has 0 aliphatic rings. The molecule has 1 N–H and O–H groups in total. The number of unbranched alkanes of at least 4 members (excludes halogenated alkanes) is 2. The van der Waals surface area contributed by atoms with E-state index in [4.69, 9.17) is 11.6 Å². The van der Waals surface area contributed by atoms with E-state index in [9.17, 15) is 13.2 Å². The molecule has 1 aromatic heterocycles. The molecule has 0 fully saturated rings. The number of aryl methyl sites for hydroxylation is 1. The van der Waals surface area contributed by atoms with Gasteiger partial charge in [-0.25, -0.2) is 8.42 Å². The number of benzene rings is 1. The highest BCUT2D eigenvalue weighted by Crippen LogP contribution is 2.25. The number of halogens is 1. The smallest absolute Gasteiger partial charge is 0.259 e. The van der Waals surface area contributed by atoms with Gasteiger partial charge in [-0.2, -0.15) is 4.31 Å². The third-order valence-electron chi connectivity index (χ3n) is 4.27. The van der Waals surface area contributed by atoms with Gasteiger partial charge >= 0.3 is 0 Å². The van der Waals surface area contributed by atoms with Crippen molar-refractivity contribution >= 4 is 44.0 Å². The first kappa shape index (κ1) is 22.7. The highest BCUT2D eigenvalue weighted by molar-refractivity contribution is 7.89. The summed E-state index contributed by atoms with van der Waals surface area (Å²) >= 11 is 7.44. The predicted molar refractivity (Wildman–Crippen MR) is 113 cm³/mol. The first-order chi connectivity index (χ1) is 13.2. The van der Waals surface area contributed by atoms with Crippen molar-refractivity contribution in [2.45, 2.75) is 57.4 Å². The highest BCUT2D eigenvalue weighted by Gasteiger charge is 2.25. The molecule has 2 rings (SSSR count). The molecule has 1 aromatic carbocycles. The SMILES string of the molecule is CCCCCc1nnc(NC(=O)c2cc(S(=O)(=O)N(C)C(C)C)ccc2Cl)s1. The molecular formula is C18H25ClN4O3S2. The molecule has 28 heavy (non-hydrogen) atoms. The fraction of sp³-hybridized carbons (Fsp3) is 0.500. The Morgan fingerprint density at radius 3 is 2.64 bits per heavy atom. The monoisotopic (exact) mass is 444 g/mol. The van der Waals surface area contributed by atoms with Gasteiger partial charge in [-0.3, -0.25) is 10.1 Å². The van der Waals surface area contributed by atoms with E-state index in [0.717, 1.165) is 30.7 Å². The van der Waals surface area contributed by atoms with Crippen LogP contribution in [-0.4, -0.2) is 41.9 Å². The Labute approximate surface area is 175 Å². The third-order valence-corrected chi connectivity index (χ3v) is 7.53. The Morgan fingerprint density at radius 2 is 2.00 bits per heavy atom. The van der Waals surface area contributed by atoms with E-state index < -0.39 is 15.9 Å². The van der Waals surface area contributed by atoms with Crippen LogP contribution in [0.2, 0.25) is 5.02 Å². The van der Waals surface area contributed by atoms with Gasteiger partial charge in [0, 0.05) is 19.5 Å². The summed E-state index contributed by atoms with van der Waals surface area (Å²) < 4.78 is 26.6. The van der Waals surface area contributed by atoms with Crippen LogP contribution >= 0.6 is 22.9 Å². The maximum atomic E-state index is 12.7. The van der Waals surface area contributed by atoms with Crippen molar-refractivity contribution in [2.75, 3.05) is 12.4 Å². The van der Waals surface area contributed by atoms with Crippen LogP contribution in [0, 0.1) is 0 Å². The molecule has 7 nitrogen and oxygen atoms in total. The van der Waals surface area contributed by atoms with Crippen LogP contribution in [0.1, 0.15) is 55.4 Å². The van der Waals surface area contributed by atoms with Crippen LogP contribution in [0.5, 0.6) is 0 Å². The largest absolute Gasteiger partial charge is 0.296 e. The number of anilines is 1. The minimum absolute atomic E-state index is 0.00997. The van der Waals surface area contributed by atoms with Gasteiger partial charge in [-0.05, 0) is 38.5 Å². The van der Waals surface area contributed by atoms with Gasteiger partial charge in [0.25, 0.3) is 5.91 Å². The fourth-order valence-electron chi connectivity index (χ4n) is 2.38. The molecule has 10 heteroatoms. The van der Waals surface area contributed by atoms with Crippen LogP contribution in [0.15, 0.2) is 23.1 Å². The van der Waals surface area contributed by atoms with Crippen LogP contribution in [0.4, 0.5) is 5.13 Å². The van der Waals surface area contributed by atoms with Crippen LogP contribution in [0.25, 0.3) is 0 Å². The van der Waals surface area contributed by atoms with E-state index in [1.165, 1.54) is 40.9 Å². The summed E-state index contributed by atoms with van der Waals surface area (Å²) in [6, 6.07) is 3.87. The molecule has 0 aliphatic heterocycles. The number of nitrogens with zero attached hydrogens (tertiary/aromatic N) is 3. The molecule has 0 saturated heterocycles. The summed E-state index contributed by atoms with van der Waals surface area (Å²) in [6.45, 7) is 5.67. The number of aromatic nitrogens is 2. The number of nitrogens with one attached hydrogen (secondary N) is 1. The van der Waals surface area contributed by atoms with E-state index in [0.29, 0.717) is 5.13 Å². The number of carbonyl (C=O) groups excluding carboxylic acids is 1. The molecule has 0 unspecified atom stereocenters. The van der Waals surface area contributed by atoms with Crippen molar-refractivity contribution in [3.63, 3.8) is 0 Å². The van der Waals surface area contributed by atoms with Gasteiger partial charge in [0.1, 0.15) is 5.01 Å². The highest BCUT2D eigenvalue weighted by atomic mass is 35.5. The first-order valence-electron chi connectivity index (χ1n) is 9.08. The standard InChI is InChI=1S/C18H25ClN4O3S2/c1-5-6-7-8-16-21-22-18(27-16)20-17(24)14-11-13(9-10-15(14)19)28(25,26)23(4)12(2)3/h9-12H,5-8H2,1-4H3,(H,20,22,24). The number of hydrogen-bond acceptors (Lipinski definition) is 6. The Bertz CT molecular complexity index is 929. The van der Waals surface area contributed by atoms with Crippen LogP contribution in [0.3, 0.4) is 0 Å². The summed E-state index contributed by atoms with van der Waals surface area (Å²) in [5, 5.41) is 12.1. The molecule has 0 bridgehead atoms. The Kier molecular flexibility index (Phi) is 7.94. The molecular weight excluding hydrogens is 420 g/mol. The summed E-state index contributed by atoms with van der Waals surface area (Å²) in [4.78, 5) is 12.6. The summed E-state index contributed by atoms with van der Waals surface area (Å²) in [6.07, 6.45) is 4.07. The normalized spacial score (nSPS) is 12.0. The van der Waals surface area contributed by atoms with Crippen LogP contribution < -0.4 is 5.32 Å². The number of rotatable bonds is 9. The first-order valence-corrected chi connectivity index (χ1v) is 11.7. The van der Waals surface area contributed by atoms with Gasteiger partial charge < -0.3 is 0 Å². The maximum Gasteiger partial charge on any atom is 0.259 e. The lowest BCUT2D eigenvalue weighted by Crippen LogP contribution is -2.33. The van der Waals surface area contributed by atoms with Gasteiger partial charge in [-0.1, -0.05) is 42.7 Å². The second-order valence-corrected chi connectivity index (χ2v) is 10.1. The van der Waals surface area contributed by atoms with E-state index >= 15 is 0 Å². The van der Waals surface area contributed by atoms with Crippen molar-refractivity contribution < 1.29 is 13.2 Å². The molecule has 0 spiro atoms. The molecule has 1 heterocycles. The Balaban J connectivity index is 2.20. The molecule has 0 saturated carbocycles. The molecule has 1 amide bonds. The van der Waals surface area contributed by atoms with Gasteiger partial charge in [-0.15, -0.1) is 10.2 Å². The summed E-state index contributed by atoms with van der Waals surface area (Å²) in [7, 11) is -2.23.